The maximum Gasteiger partial charge on any atom is 0.0350 e. The third kappa shape index (κ3) is 2.85. The standard InChI is InChI=1S/C17H26N2/c1-19(15-8-5-12-18-13-11-15)17-10-4-7-14-6-2-3-9-16(14)17/h2-3,6,9,15,17-18H,4-5,7-8,10-13H2,1H3. The monoisotopic (exact) mass is 258 g/mol. The van der Waals surface area contributed by atoms with E-state index >= 15 is 0 Å². The molecule has 2 atom stereocenters. The molecule has 0 amide bonds. The Labute approximate surface area is 117 Å². The number of rotatable bonds is 2. The van der Waals surface area contributed by atoms with Crippen LogP contribution in [0.5, 0.6) is 0 Å². The third-order valence-corrected chi connectivity index (χ3v) is 4.95. The topological polar surface area (TPSA) is 15.3 Å². The van der Waals surface area contributed by atoms with Gasteiger partial charge in [-0.25, -0.2) is 0 Å². The van der Waals surface area contributed by atoms with Crippen LogP contribution in [-0.4, -0.2) is 31.1 Å². The molecule has 0 saturated carbocycles. The molecule has 1 N–H and O–H groups in total. The Morgan fingerprint density at radius 2 is 1.95 bits per heavy atom. The quantitative estimate of drug-likeness (QED) is 0.876. The van der Waals surface area contributed by atoms with E-state index in [9.17, 15) is 0 Å². The summed E-state index contributed by atoms with van der Waals surface area (Å²) in [5.74, 6) is 0. The lowest BCUT2D eigenvalue weighted by atomic mass is 9.86. The minimum absolute atomic E-state index is 0.646. The summed E-state index contributed by atoms with van der Waals surface area (Å²) in [7, 11) is 2.35. The van der Waals surface area contributed by atoms with Crippen LogP contribution < -0.4 is 5.32 Å². The van der Waals surface area contributed by atoms with Crippen LogP contribution in [0.1, 0.15) is 49.3 Å². The molecule has 1 aromatic rings. The van der Waals surface area contributed by atoms with Crippen LogP contribution in [0.25, 0.3) is 0 Å². The fourth-order valence-electron chi connectivity index (χ4n) is 3.81. The van der Waals surface area contributed by atoms with Crippen LogP contribution in [0, 0.1) is 0 Å². The van der Waals surface area contributed by atoms with Crippen LogP contribution in [0.4, 0.5) is 0 Å². The lowest BCUT2D eigenvalue weighted by molar-refractivity contribution is 0.145. The minimum atomic E-state index is 0.646. The Morgan fingerprint density at radius 1 is 1.05 bits per heavy atom. The second kappa shape index (κ2) is 6.06. The van der Waals surface area contributed by atoms with Crippen molar-refractivity contribution >= 4 is 0 Å². The molecule has 2 unspecified atom stereocenters. The van der Waals surface area contributed by atoms with E-state index in [1.54, 1.807) is 11.1 Å². The van der Waals surface area contributed by atoms with Gasteiger partial charge in [0.1, 0.15) is 0 Å². The molecule has 3 rings (SSSR count). The van der Waals surface area contributed by atoms with Crippen molar-refractivity contribution in [2.45, 2.75) is 50.6 Å². The van der Waals surface area contributed by atoms with Gasteiger partial charge in [0.05, 0.1) is 0 Å². The van der Waals surface area contributed by atoms with E-state index in [2.05, 4.69) is 41.5 Å². The zero-order valence-corrected chi connectivity index (χ0v) is 12.1. The highest BCUT2D eigenvalue weighted by Gasteiger charge is 2.28. The number of hydrogen-bond acceptors (Lipinski definition) is 2. The molecule has 1 aliphatic heterocycles. The van der Waals surface area contributed by atoms with Gasteiger partial charge in [0.15, 0.2) is 0 Å². The fourth-order valence-corrected chi connectivity index (χ4v) is 3.81. The summed E-state index contributed by atoms with van der Waals surface area (Å²) in [6, 6.07) is 10.5. The summed E-state index contributed by atoms with van der Waals surface area (Å²) >= 11 is 0. The van der Waals surface area contributed by atoms with E-state index in [0.29, 0.717) is 6.04 Å². The molecule has 1 saturated heterocycles. The second-order valence-electron chi connectivity index (χ2n) is 6.11. The van der Waals surface area contributed by atoms with Gasteiger partial charge in [0.25, 0.3) is 0 Å². The molecule has 2 nitrogen and oxygen atoms in total. The Bertz CT molecular complexity index is 407. The zero-order valence-electron chi connectivity index (χ0n) is 12.1. The van der Waals surface area contributed by atoms with Crippen LogP contribution in [0.15, 0.2) is 24.3 Å². The van der Waals surface area contributed by atoms with Gasteiger partial charge in [-0.1, -0.05) is 24.3 Å². The molecule has 0 bridgehead atoms. The van der Waals surface area contributed by atoms with Gasteiger partial charge in [0, 0.05) is 12.1 Å². The second-order valence-corrected chi connectivity index (χ2v) is 6.11. The van der Waals surface area contributed by atoms with Crippen LogP contribution in [-0.2, 0) is 6.42 Å². The number of nitrogens with one attached hydrogen (secondary N) is 1. The largest absolute Gasteiger partial charge is 0.317 e. The maximum absolute atomic E-state index is 3.53. The lowest BCUT2D eigenvalue weighted by Gasteiger charge is -2.38. The molecule has 1 heterocycles. The molecule has 0 radical (unpaired) electrons. The SMILES string of the molecule is CN(C1CCCNCC1)C1CCCc2ccccc21. The molecule has 2 heteroatoms. The molecule has 1 aliphatic carbocycles. The highest BCUT2D eigenvalue weighted by atomic mass is 15.2. The highest BCUT2D eigenvalue weighted by molar-refractivity contribution is 5.32. The Balaban J connectivity index is 1.78. The number of hydrogen-bond donors (Lipinski definition) is 1. The normalized spacial score (nSPS) is 27.9. The summed E-state index contributed by atoms with van der Waals surface area (Å²) in [6.07, 6.45) is 7.92. The molecule has 0 aromatic heterocycles. The van der Waals surface area contributed by atoms with Crippen molar-refractivity contribution in [2.24, 2.45) is 0 Å². The van der Waals surface area contributed by atoms with Gasteiger partial charge in [-0.2, -0.15) is 0 Å². The van der Waals surface area contributed by atoms with Crippen molar-refractivity contribution in [2.75, 3.05) is 20.1 Å². The third-order valence-electron chi connectivity index (χ3n) is 4.95. The highest BCUT2D eigenvalue weighted by Crippen LogP contribution is 2.35. The molecule has 0 spiro atoms. The van der Waals surface area contributed by atoms with Gasteiger partial charge >= 0.3 is 0 Å². The molecular weight excluding hydrogens is 232 g/mol. The average Bonchev–Trinajstić information content (AvgIpc) is 2.75. The summed E-state index contributed by atoms with van der Waals surface area (Å²) in [4.78, 5) is 2.67. The van der Waals surface area contributed by atoms with Crippen molar-refractivity contribution in [1.82, 2.24) is 10.2 Å². The van der Waals surface area contributed by atoms with Gasteiger partial charge in [0.2, 0.25) is 0 Å². The van der Waals surface area contributed by atoms with E-state index in [4.69, 9.17) is 0 Å². The summed E-state index contributed by atoms with van der Waals surface area (Å²) in [5.41, 5.74) is 3.17. The van der Waals surface area contributed by atoms with E-state index < -0.39 is 0 Å². The number of benzene rings is 1. The first-order chi connectivity index (χ1) is 9.36. The van der Waals surface area contributed by atoms with Crippen molar-refractivity contribution < 1.29 is 0 Å². The minimum Gasteiger partial charge on any atom is -0.317 e. The fraction of sp³-hybridized carbons (Fsp3) is 0.647. The van der Waals surface area contributed by atoms with Crippen LogP contribution in [0.2, 0.25) is 0 Å². The first-order valence-electron chi connectivity index (χ1n) is 7.87. The molecule has 1 aromatic carbocycles. The predicted octanol–water partition coefficient (Wildman–Crippen LogP) is 3.14. The Kier molecular flexibility index (Phi) is 4.19. The van der Waals surface area contributed by atoms with Gasteiger partial charge in [-0.15, -0.1) is 0 Å². The smallest absolute Gasteiger partial charge is 0.0350 e. The van der Waals surface area contributed by atoms with Crippen molar-refractivity contribution in [3.8, 4) is 0 Å². The van der Waals surface area contributed by atoms with Gasteiger partial charge in [-0.05, 0) is 69.8 Å². The van der Waals surface area contributed by atoms with Gasteiger partial charge < -0.3 is 5.32 Å². The Hall–Kier alpha value is -0.860. The van der Waals surface area contributed by atoms with Crippen molar-refractivity contribution in [3.05, 3.63) is 35.4 Å². The first-order valence-corrected chi connectivity index (χ1v) is 7.87. The predicted molar refractivity (Wildman–Crippen MR) is 80.4 cm³/mol. The summed E-state index contributed by atoms with van der Waals surface area (Å²) < 4.78 is 0. The maximum atomic E-state index is 3.53. The number of aryl methyl sites for hydroxylation is 1. The Morgan fingerprint density at radius 3 is 2.89 bits per heavy atom. The summed E-state index contributed by atoms with van der Waals surface area (Å²) in [6.45, 7) is 2.38. The zero-order chi connectivity index (χ0) is 13.1. The number of fused-ring (bicyclic) bond motifs is 1. The van der Waals surface area contributed by atoms with Gasteiger partial charge in [-0.3, -0.25) is 4.90 Å². The molecular formula is C17H26N2. The van der Waals surface area contributed by atoms with Crippen LogP contribution >= 0.6 is 0 Å². The van der Waals surface area contributed by atoms with E-state index in [1.165, 1.54) is 51.6 Å². The van der Waals surface area contributed by atoms with Crippen molar-refractivity contribution in [3.63, 3.8) is 0 Å². The number of nitrogens with zero attached hydrogens (tertiary/aromatic N) is 1. The molecule has 104 valence electrons. The lowest BCUT2D eigenvalue weighted by Crippen LogP contribution is -2.37. The van der Waals surface area contributed by atoms with E-state index in [-0.39, 0.29) is 0 Å². The molecule has 19 heavy (non-hydrogen) atoms. The molecule has 1 fully saturated rings. The van der Waals surface area contributed by atoms with E-state index in [0.717, 1.165) is 6.04 Å². The first kappa shape index (κ1) is 13.1. The van der Waals surface area contributed by atoms with E-state index in [1.807, 2.05) is 0 Å². The van der Waals surface area contributed by atoms with Crippen LogP contribution in [0.3, 0.4) is 0 Å². The average molecular weight is 258 g/mol. The molecule has 2 aliphatic rings. The van der Waals surface area contributed by atoms with Crippen molar-refractivity contribution in [1.29, 1.82) is 0 Å². The summed E-state index contributed by atoms with van der Waals surface area (Å²) in [5, 5.41) is 3.53.